The lowest BCUT2D eigenvalue weighted by molar-refractivity contribution is -0.133. The summed E-state index contributed by atoms with van der Waals surface area (Å²) in [4.78, 5) is 19.2. The maximum absolute atomic E-state index is 13.4. The molecule has 0 saturated heterocycles. The first-order valence-corrected chi connectivity index (χ1v) is 10.1. The Morgan fingerprint density at radius 3 is 2.30 bits per heavy atom. The first kappa shape index (κ1) is 20.1. The molecular formula is C23H24F2N4O. The highest BCUT2D eigenvalue weighted by molar-refractivity contribution is 5.78. The number of fused-ring (bicyclic) bond motifs is 1. The van der Waals surface area contributed by atoms with Crippen molar-refractivity contribution in [1.82, 2.24) is 14.5 Å². The molecule has 0 spiro atoms. The highest BCUT2D eigenvalue weighted by Gasteiger charge is 2.27. The van der Waals surface area contributed by atoms with Crippen LogP contribution in [0.1, 0.15) is 26.1 Å². The van der Waals surface area contributed by atoms with Crippen LogP contribution in [-0.4, -0.2) is 26.9 Å². The maximum Gasteiger partial charge on any atom is 0.223 e. The van der Waals surface area contributed by atoms with Gasteiger partial charge in [-0.1, -0.05) is 13.8 Å². The Bertz CT molecular complexity index is 1040. The fraction of sp³-hybridized carbons (Fsp3) is 0.304. The van der Waals surface area contributed by atoms with E-state index in [4.69, 9.17) is 4.98 Å². The molecule has 1 aromatic heterocycles. The molecular weight excluding hydrogens is 386 g/mol. The van der Waals surface area contributed by atoms with Gasteiger partial charge in [0.25, 0.3) is 0 Å². The summed E-state index contributed by atoms with van der Waals surface area (Å²) in [5.41, 5.74) is 2.16. The third-order valence-corrected chi connectivity index (χ3v) is 5.13. The van der Waals surface area contributed by atoms with E-state index in [9.17, 15) is 13.6 Å². The summed E-state index contributed by atoms with van der Waals surface area (Å²) >= 11 is 0. The normalized spacial score (nSPS) is 13.4. The van der Waals surface area contributed by atoms with Gasteiger partial charge in [-0.3, -0.25) is 4.79 Å². The lowest BCUT2D eigenvalue weighted by Gasteiger charge is -2.29. The molecule has 2 heterocycles. The Morgan fingerprint density at radius 1 is 1.03 bits per heavy atom. The number of aromatic nitrogens is 2. The van der Waals surface area contributed by atoms with Gasteiger partial charge in [-0.25, -0.2) is 13.8 Å². The smallest absolute Gasteiger partial charge is 0.223 e. The zero-order chi connectivity index (χ0) is 21.3. The van der Waals surface area contributed by atoms with Crippen LogP contribution in [0.15, 0.2) is 48.5 Å². The SMILES string of the molecule is CC(C)CC(=O)N1CCn2c(nc(-c3ccc(F)cc3)c2Nc2ccc(F)cc2)C1. The molecule has 1 aliphatic heterocycles. The van der Waals surface area contributed by atoms with E-state index in [-0.39, 0.29) is 17.5 Å². The number of amides is 1. The summed E-state index contributed by atoms with van der Waals surface area (Å²) in [6.45, 7) is 5.66. The van der Waals surface area contributed by atoms with Crippen LogP contribution in [0.3, 0.4) is 0 Å². The van der Waals surface area contributed by atoms with Crippen LogP contribution in [-0.2, 0) is 17.9 Å². The third-order valence-electron chi connectivity index (χ3n) is 5.13. The minimum Gasteiger partial charge on any atom is -0.340 e. The minimum absolute atomic E-state index is 0.121. The molecule has 2 aromatic carbocycles. The number of nitrogens with one attached hydrogen (secondary N) is 1. The molecule has 0 atom stereocenters. The van der Waals surface area contributed by atoms with Gasteiger partial charge in [-0.2, -0.15) is 0 Å². The standard InChI is InChI=1S/C23H24F2N4O/c1-15(2)13-21(30)28-11-12-29-20(14-28)27-22(16-3-5-17(24)6-4-16)23(29)26-19-9-7-18(25)8-10-19/h3-10,15,26H,11-14H2,1-2H3. The Morgan fingerprint density at radius 2 is 1.67 bits per heavy atom. The van der Waals surface area contributed by atoms with Gasteiger partial charge in [0, 0.05) is 30.8 Å². The van der Waals surface area contributed by atoms with Gasteiger partial charge in [-0.15, -0.1) is 0 Å². The topological polar surface area (TPSA) is 50.2 Å². The zero-order valence-corrected chi connectivity index (χ0v) is 17.0. The summed E-state index contributed by atoms with van der Waals surface area (Å²) in [6, 6.07) is 12.2. The molecule has 1 amide bonds. The number of carbonyl (C=O) groups is 1. The first-order chi connectivity index (χ1) is 14.4. The summed E-state index contributed by atoms with van der Waals surface area (Å²) in [7, 11) is 0. The van der Waals surface area contributed by atoms with Crippen molar-refractivity contribution in [2.75, 3.05) is 11.9 Å². The Balaban J connectivity index is 1.70. The number of imidazole rings is 1. The van der Waals surface area contributed by atoms with Crippen molar-refractivity contribution in [3.8, 4) is 11.3 Å². The third kappa shape index (κ3) is 4.20. The largest absolute Gasteiger partial charge is 0.340 e. The maximum atomic E-state index is 13.4. The molecule has 0 saturated carbocycles. The summed E-state index contributed by atoms with van der Waals surface area (Å²) in [6.07, 6.45) is 0.506. The predicted molar refractivity (Wildman–Crippen MR) is 112 cm³/mol. The number of carbonyl (C=O) groups excluding carboxylic acids is 1. The molecule has 5 nitrogen and oxygen atoms in total. The molecule has 0 fully saturated rings. The lowest BCUT2D eigenvalue weighted by Crippen LogP contribution is -2.39. The van der Waals surface area contributed by atoms with Crippen molar-refractivity contribution in [3.63, 3.8) is 0 Å². The molecule has 1 aliphatic rings. The quantitative estimate of drug-likeness (QED) is 0.647. The number of hydrogen-bond acceptors (Lipinski definition) is 3. The van der Waals surface area contributed by atoms with Crippen molar-refractivity contribution in [3.05, 3.63) is 66.0 Å². The van der Waals surface area contributed by atoms with Gasteiger partial charge in [0.05, 0.1) is 6.54 Å². The number of benzene rings is 2. The minimum atomic E-state index is -0.318. The molecule has 1 N–H and O–H groups in total. The van der Waals surface area contributed by atoms with Crippen molar-refractivity contribution in [1.29, 1.82) is 0 Å². The van der Waals surface area contributed by atoms with Crippen molar-refractivity contribution >= 4 is 17.4 Å². The van der Waals surface area contributed by atoms with Gasteiger partial charge < -0.3 is 14.8 Å². The Labute approximate surface area is 174 Å². The number of rotatable bonds is 5. The van der Waals surface area contributed by atoms with Crippen LogP contribution in [0.4, 0.5) is 20.3 Å². The highest BCUT2D eigenvalue weighted by atomic mass is 19.1. The molecule has 0 unspecified atom stereocenters. The van der Waals surface area contributed by atoms with Crippen molar-refractivity contribution in [2.24, 2.45) is 5.92 Å². The Kier molecular flexibility index (Phi) is 5.53. The molecule has 0 aliphatic carbocycles. The average Bonchev–Trinajstić information content (AvgIpc) is 3.07. The zero-order valence-electron chi connectivity index (χ0n) is 17.0. The second-order valence-electron chi connectivity index (χ2n) is 7.93. The van der Waals surface area contributed by atoms with E-state index in [1.54, 1.807) is 24.3 Å². The Hall–Kier alpha value is -3.22. The molecule has 3 aromatic rings. The van der Waals surface area contributed by atoms with E-state index in [1.807, 2.05) is 23.3 Å². The average molecular weight is 410 g/mol. The molecule has 0 bridgehead atoms. The second kappa shape index (κ2) is 8.26. The van der Waals surface area contributed by atoms with Gasteiger partial charge in [0.15, 0.2) is 0 Å². The van der Waals surface area contributed by atoms with Crippen LogP contribution in [0.2, 0.25) is 0 Å². The van der Waals surface area contributed by atoms with Crippen LogP contribution < -0.4 is 5.32 Å². The van der Waals surface area contributed by atoms with E-state index in [1.165, 1.54) is 24.3 Å². The highest BCUT2D eigenvalue weighted by Crippen LogP contribution is 2.33. The van der Waals surface area contributed by atoms with Crippen LogP contribution in [0.5, 0.6) is 0 Å². The summed E-state index contributed by atoms with van der Waals surface area (Å²) in [5.74, 6) is 1.30. The van der Waals surface area contributed by atoms with Gasteiger partial charge in [0.2, 0.25) is 5.91 Å². The lowest BCUT2D eigenvalue weighted by atomic mass is 10.1. The van der Waals surface area contributed by atoms with Crippen LogP contribution >= 0.6 is 0 Å². The monoisotopic (exact) mass is 410 g/mol. The number of anilines is 2. The molecule has 30 heavy (non-hydrogen) atoms. The van der Waals surface area contributed by atoms with E-state index < -0.39 is 0 Å². The van der Waals surface area contributed by atoms with Gasteiger partial charge in [-0.05, 0) is 54.4 Å². The summed E-state index contributed by atoms with van der Waals surface area (Å²) < 4.78 is 28.8. The predicted octanol–water partition coefficient (Wildman–Crippen LogP) is 4.96. The second-order valence-corrected chi connectivity index (χ2v) is 7.93. The van der Waals surface area contributed by atoms with E-state index >= 15 is 0 Å². The van der Waals surface area contributed by atoms with Crippen LogP contribution in [0, 0.1) is 17.6 Å². The molecule has 0 radical (unpaired) electrons. The molecule has 7 heteroatoms. The fourth-order valence-electron chi connectivity index (χ4n) is 3.63. The van der Waals surface area contributed by atoms with Gasteiger partial charge in [0.1, 0.15) is 29.0 Å². The fourth-order valence-corrected chi connectivity index (χ4v) is 3.63. The van der Waals surface area contributed by atoms with E-state index in [0.717, 1.165) is 22.9 Å². The molecule has 4 rings (SSSR count). The number of nitrogens with zero attached hydrogens (tertiary/aromatic N) is 3. The van der Waals surface area contributed by atoms with E-state index in [0.29, 0.717) is 37.7 Å². The summed E-state index contributed by atoms with van der Waals surface area (Å²) in [5, 5.41) is 3.33. The number of hydrogen-bond donors (Lipinski definition) is 1. The van der Waals surface area contributed by atoms with Gasteiger partial charge >= 0.3 is 0 Å². The van der Waals surface area contributed by atoms with E-state index in [2.05, 4.69) is 5.32 Å². The first-order valence-electron chi connectivity index (χ1n) is 10.1. The van der Waals surface area contributed by atoms with Crippen molar-refractivity contribution in [2.45, 2.75) is 33.4 Å². The van der Waals surface area contributed by atoms with Crippen molar-refractivity contribution < 1.29 is 13.6 Å². The van der Waals surface area contributed by atoms with Crippen LogP contribution in [0.25, 0.3) is 11.3 Å². The molecule has 156 valence electrons. The number of halogens is 2.